The lowest BCUT2D eigenvalue weighted by Crippen LogP contribution is -2.50. The average molecular weight is 394 g/mol. The number of hydrogen-bond donors (Lipinski definition) is 1. The van der Waals surface area contributed by atoms with Gasteiger partial charge in [-0.15, -0.1) is 0 Å². The number of pyridine rings is 2. The highest BCUT2D eigenvalue weighted by Gasteiger charge is 2.31. The summed E-state index contributed by atoms with van der Waals surface area (Å²) in [7, 11) is 0. The molecule has 2 saturated heterocycles. The Bertz CT molecular complexity index is 761. The van der Waals surface area contributed by atoms with Gasteiger partial charge in [0.25, 0.3) is 0 Å². The van der Waals surface area contributed by atoms with Crippen molar-refractivity contribution in [2.75, 3.05) is 26.2 Å². The minimum atomic E-state index is 0.104. The predicted molar refractivity (Wildman–Crippen MR) is 113 cm³/mol. The fourth-order valence-electron chi connectivity index (χ4n) is 4.55. The van der Waals surface area contributed by atoms with Crippen LogP contribution in [0.1, 0.15) is 36.9 Å². The first-order valence-corrected chi connectivity index (χ1v) is 10.8. The van der Waals surface area contributed by atoms with Crippen LogP contribution in [0.4, 0.5) is 0 Å². The lowest BCUT2D eigenvalue weighted by atomic mass is 9.93. The Morgan fingerprint density at radius 3 is 2.72 bits per heavy atom. The highest BCUT2D eigenvalue weighted by Crippen LogP contribution is 2.24. The van der Waals surface area contributed by atoms with E-state index in [0.717, 1.165) is 56.8 Å². The Kier molecular flexibility index (Phi) is 6.85. The molecule has 6 heteroatoms. The van der Waals surface area contributed by atoms with Crippen LogP contribution < -0.4 is 5.32 Å². The van der Waals surface area contributed by atoms with Crippen molar-refractivity contribution in [3.05, 3.63) is 60.2 Å². The van der Waals surface area contributed by atoms with Gasteiger partial charge in [0.2, 0.25) is 5.91 Å². The van der Waals surface area contributed by atoms with Crippen molar-refractivity contribution in [1.29, 1.82) is 0 Å². The van der Waals surface area contributed by atoms with E-state index in [4.69, 9.17) is 0 Å². The Morgan fingerprint density at radius 1 is 1.07 bits per heavy atom. The molecule has 2 aromatic rings. The van der Waals surface area contributed by atoms with E-state index in [9.17, 15) is 4.79 Å². The van der Waals surface area contributed by atoms with Crippen molar-refractivity contribution in [3.63, 3.8) is 0 Å². The van der Waals surface area contributed by atoms with E-state index in [2.05, 4.69) is 37.2 Å². The van der Waals surface area contributed by atoms with E-state index < -0.39 is 0 Å². The van der Waals surface area contributed by atoms with Crippen molar-refractivity contribution < 1.29 is 4.79 Å². The number of rotatable bonds is 6. The van der Waals surface area contributed by atoms with Gasteiger partial charge in [-0.2, -0.15) is 0 Å². The molecule has 2 aliphatic rings. The summed E-state index contributed by atoms with van der Waals surface area (Å²) in [5, 5.41) is 3.11. The summed E-state index contributed by atoms with van der Waals surface area (Å²) in [6, 6.07) is 10.6. The smallest absolute Gasteiger partial charge is 0.224 e. The maximum absolute atomic E-state index is 12.7. The number of nitrogens with one attached hydrogen (secondary N) is 1. The van der Waals surface area contributed by atoms with Crippen LogP contribution in [0.5, 0.6) is 0 Å². The van der Waals surface area contributed by atoms with E-state index in [1.54, 1.807) is 6.20 Å². The van der Waals surface area contributed by atoms with Crippen molar-refractivity contribution in [2.45, 2.75) is 44.8 Å². The maximum atomic E-state index is 12.7. The molecular weight excluding hydrogens is 362 g/mol. The number of aromatic nitrogens is 2. The molecule has 4 rings (SSSR count). The highest BCUT2D eigenvalue weighted by molar-refractivity contribution is 5.78. The van der Waals surface area contributed by atoms with Crippen LogP contribution in [0.15, 0.2) is 48.9 Å². The van der Waals surface area contributed by atoms with Crippen LogP contribution in [0.3, 0.4) is 0 Å². The zero-order valence-electron chi connectivity index (χ0n) is 17.0. The summed E-state index contributed by atoms with van der Waals surface area (Å²) in [6.07, 6.45) is 9.90. The van der Waals surface area contributed by atoms with Gasteiger partial charge in [-0.3, -0.25) is 24.6 Å². The Labute approximate surface area is 173 Å². The summed E-state index contributed by atoms with van der Waals surface area (Å²) >= 11 is 0. The third-order valence-corrected chi connectivity index (χ3v) is 6.20. The second-order valence-electron chi connectivity index (χ2n) is 8.24. The third-order valence-electron chi connectivity index (χ3n) is 6.20. The Balaban J connectivity index is 1.23. The fourth-order valence-corrected chi connectivity index (χ4v) is 4.55. The second kappa shape index (κ2) is 9.94. The molecular formula is C23H31N5O. The minimum absolute atomic E-state index is 0.104. The Morgan fingerprint density at radius 2 is 1.97 bits per heavy atom. The van der Waals surface area contributed by atoms with Crippen molar-refractivity contribution in [3.8, 4) is 0 Å². The molecule has 1 unspecified atom stereocenters. The summed E-state index contributed by atoms with van der Waals surface area (Å²) in [4.78, 5) is 26.3. The molecule has 2 aromatic heterocycles. The molecule has 1 N–H and O–H groups in total. The minimum Gasteiger partial charge on any atom is -0.352 e. The van der Waals surface area contributed by atoms with Gasteiger partial charge < -0.3 is 5.32 Å². The number of amides is 1. The standard InChI is InChI=1S/C23H31N5O/c29-23(26-16-19-5-3-10-24-15-19)20-6-4-12-28(17-20)22-8-13-27(14-9-22)18-21-7-1-2-11-25-21/h1-3,5,7,10-11,15,20,22H,4,6,8-9,12-14,16-18H2,(H,26,29). The zero-order valence-corrected chi connectivity index (χ0v) is 17.0. The first-order chi connectivity index (χ1) is 14.3. The summed E-state index contributed by atoms with van der Waals surface area (Å²) in [5.41, 5.74) is 2.20. The average Bonchev–Trinajstić information content (AvgIpc) is 2.79. The number of piperidine rings is 2. The van der Waals surface area contributed by atoms with Gasteiger partial charge in [0.05, 0.1) is 11.6 Å². The first-order valence-electron chi connectivity index (χ1n) is 10.8. The monoisotopic (exact) mass is 393 g/mol. The van der Waals surface area contributed by atoms with E-state index >= 15 is 0 Å². The zero-order chi connectivity index (χ0) is 19.9. The predicted octanol–water partition coefficient (Wildman–Crippen LogP) is 2.47. The summed E-state index contributed by atoms with van der Waals surface area (Å²) < 4.78 is 0. The van der Waals surface area contributed by atoms with Crippen molar-refractivity contribution in [2.24, 2.45) is 5.92 Å². The number of hydrogen-bond acceptors (Lipinski definition) is 5. The van der Waals surface area contributed by atoms with Gasteiger partial charge >= 0.3 is 0 Å². The third kappa shape index (κ3) is 5.61. The number of likely N-dealkylation sites (tertiary alicyclic amines) is 2. The molecule has 1 amide bonds. The Hall–Kier alpha value is -2.31. The molecule has 1 atom stereocenters. The fraction of sp³-hybridized carbons (Fsp3) is 0.522. The summed E-state index contributed by atoms with van der Waals surface area (Å²) in [6.45, 7) is 5.73. The van der Waals surface area contributed by atoms with Crippen LogP contribution in [-0.2, 0) is 17.9 Å². The van der Waals surface area contributed by atoms with Crippen LogP contribution in [0.2, 0.25) is 0 Å². The normalized spacial score (nSPS) is 21.7. The van der Waals surface area contributed by atoms with Crippen LogP contribution in [-0.4, -0.2) is 57.9 Å². The van der Waals surface area contributed by atoms with Gasteiger partial charge in [0.1, 0.15) is 0 Å². The molecule has 0 bridgehead atoms. The quantitative estimate of drug-likeness (QED) is 0.817. The molecule has 154 valence electrons. The molecule has 6 nitrogen and oxygen atoms in total. The van der Waals surface area contributed by atoms with Gasteiger partial charge in [-0.05, 0) is 56.0 Å². The molecule has 4 heterocycles. The molecule has 0 radical (unpaired) electrons. The largest absolute Gasteiger partial charge is 0.352 e. The van der Waals surface area contributed by atoms with E-state index in [1.807, 2.05) is 30.6 Å². The molecule has 0 aliphatic carbocycles. The number of carbonyl (C=O) groups excluding carboxylic acids is 1. The van der Waals surface area contributed by atoms with Crippen molar-refractivity contribution >= 4 is 5.91 Å². The van der Waals surface area contributed by atoms with Crippen LogP contribution in [0.25, 0.3) is 0 Å². The van der Waals surface area contributed by atoms with Crippen LogP contribution >= 0.6 is 0 Å². The van der Waals surface area contributed by atoms with Gasteiger partial charge in [-0.25, -0.2) is 0 Å². The number of carbonyl (C=O) groups is 1. The molecule has 0 saturated carbocycles. The lowest BCUT2D eigenvalue weighted by Gasteiger charge is -2.42. The molecule has 0 aromatic carbocycles. The van der Waals surface area contributed by atoms with Crippen LogP contribution in [0, 0.1) is 5.92 Å². The van der Waals surface area contributed by atoms with Crippen molar-refractivity contribution in [1.82, 2.24) is 25.1 Å². The first kappa shape index (κ1) is 20.0. The second-order valence-corrected chi connectivity index (χ2v) is 8.24. The van der Waals surface area contributed by atoms with Gasteiger partial charge in [0, 0.05) is 57.4 Å². The SMILES string of the molecule is O=C(NCc1cccnc1)C1CCCN(C2CCN(Cc3ccccn3)CC2)C1. The molecule has 2 aliphatic heterocycles. The molecule has 2 fully saturated rings. The topological polar surface area (TPSA) is 61.4 Å². The molecule has 0 spiro atoms. The lowest BCUT2D eigenvalue weighted by molar-refractivity contribution is -0.127. The number of nitrogens with zero attached hydrogens (tertiary/aromatic N) is 4. The summed E-state index contributed by atoms with van der Waals surface area (Å²) in [5.74, 6) is 0.290. The van der Waals surface area contributed by atoms with Gasteiger partial charge in [-0.1, -0.05) is 12.1 Å². The van der Waals surface area contributed by atoms with Gasteiger partial charge in [0.15, 0.2) is 0 Å². The van der Waals surface area contributed by atoms with E-state index in [-0.39, 0.29) is 11.8 Å². The highest BCUT2D eigenvalue weighted by atomic mass is 16.1. The van der Waals surface area contributed by atoms with E-state index in [1.165, 1.54) is 12.8 Å². The maximum Gasteiger partial charge on any atom is 0.224 e. The van der Waals surface area contributed by atoms with E-state index in [0.29, 0.717) is 12.6 Å². The molecule has 29 heavy (non-hydrogen) atoms.